The summed E-state index contributed by atoms with van der Waals surface area (Å²) in [5.41, 5.74) is 0.801. The molecule has 0 bridgehead atoms. The van der Waals surface area contributed by atoms with Crippen LogP contribution in [0.15, 0.2) is 18.5 Å². The van der Waals surface area contributed by atoms with E-state index in [1.807, 2.05) is 6.07 Å². The minimum atomic E-state index is -0.511. The molecule has 1 saturated heterocycles. The smallest absolute Gasteiger partial charge is 0.137 e. The SMILES string of the molecule is COc1cncc(C(O)C2CCCOC2)c1. The van der Waals surface area contributed by atoms with Gasteiger partial charge in [0.05, 0.1) is 26.0 Å². The van der Waals surface area contributed by atoms with Crippen molar-refractivity contribution in [2.45, 2.75) is 18.9 Å². The van der Waals surface area contributed by atoms with Crippen molar-refractivity contribution in [1.29, 1.82) is 0 Å². The monoisotopic (exact) mass is 223 g/mol. The Hall–Kier alpha value is -1.13. The van der Waals surface area contributed by atoms with Gasteiger partial charge in [0, 0.05) is 24.3 Å². The van der Waals surface area contributed by atoms with Gasteiger partial charge in [-0.1, -0.05) is 0 Å². The van der Waals surface area contributed by atoms with Gasteiger partial charge >= 0.3 is 0 Å². The van der Waals surface area contributed by atoms with Crippen LogP contribution in [0.4, 0.5) is 0 Å². The molecular weight excluding hydrogens is 206 g/mol. The number of hydrogen-bond donors (Lipinski definition) is 1. The maximum Gasteiger partial charge on any atom is 0.137 e. The largest absolute Gasteiger partial charge is 0.495 e. The van der Waals surface area contributed by atoms with Crippen LogP contribution in [0.1, 0.15) is 24.5 Å². The van der Waals surface area contributed by atoms with E-state index in [-0.39, 0.29) is 5.92 Å². The Morgan fingerprint density at radius 1 is 1.56 bits per heavy atom. The zero-order valence-corrected chi connectivity index (χ0v) is 9.43. The number of pyridine rings is 1. The van der Waals surface area contributed by atoms with Crippen molar-refractivity contribution in [2.24, 2.45) is 5.92 Å². The fourth-order valence-corrected chi connectivity index (χ4v) is 2.00. The van der Waals surface area contributed by atoms with Gasteiger partial charge in [-0.3, -0.25) is 4.98 Å². The first-order valence-corrected chi connectivity index (χ1v) is 5.56. The van der Waals surface area contributed by atoms with Crippen molar-refractivity contribution in [3.05, 3.63) is 24.0 Å². The summed E-state index contributed by atoms with van der Waals surface area (Å²) in [6, 6.07) is 1.83. The highest BCUT2D eigenvalue weighted by Gasteiger charge is 2.24. The number of aromatic nitrogens is 1. The van der Waals surface area contributed by atoms with E-state index < -0.39 is 6.10 Å². The van der Waals surface area contributed by atoms with E-state index in [0.29, 0.717) is 12.4 Å². The van der Waals surface area contributed by atoms with Crippen LogP contribution < -0.4 is 4.74 Å². The van der Waals surface area contributed by atoms with Gasteiger partial charge in [-0.25, -0.2) is 0 Å². The lowest BCUT2D eigenvalue weighted by atomic mass is 9.92. The van der Waals surface area contributed by atoms with E-state index in [0.717, 1.165) is 25.0 Å². The van der Waals surface area contributed by atoms with Gasteiger partial charge in [0.2, 0.25) is 0 Å². The number of aliphatic hydroxyl groups is 1. The average molecular weight is 223 g/mol. The molecule has 0 saturated carbocycles. The van der Waals surface area contributed by atoms with E-state index in [4.69, 9.17) is 9.47 Å². The summed E-state index contributed by atoms with van der Waals surface area (Å²) in [4.78, 5) is 4.05. The molecule has 0 amide bonds. The second kappa shape index (κ2) is 5.27. The standard InChI is InChI=1S/C12H17NO3/c1-15-11-5-10(6-13-7-11)12(14)9-3-2-4-16-8-9/h5-7,9,12,14H,2-4,8H2,1H3. The minimum Gasteiger partial charge on any atom is -0.495 e. The highest BCUT2D eigenvalue weighted by Crippen LogP contribution is 2.29. The Balaban J connectivity index is 2.09. The summed E-state index contributed by atoms with van der Waals surface area (Å²) in [6.07, 6.45) is 4.82. The second-order valence-electron chi connectivity index (χ2n) is 4.08. The third kappa shape index (κ3) is 2.51. The molecule has 0 spiro atoms. The van der Waals surface area contributed by atoms with Crippen LogP contribution in [-0.2, 0) is 4.74 Å². The third-order valence-electron chi connectivity index (χ3n) is 2.95. The zero-order chi connectivity index (χ0) is 11.4. The number of methoxy groups -OCH3 is 1. The molecular formula is C12H17NO3. The van der Waals surface area contributed by atoms with Crippen molar-refractivity contribution in [3.63, 3.8) is 0 Å². The van der Waals surface area contributed by atoms with Gasteiger partial charge in [-0.2, -0.15) is 0 Å². The molecule has 1 N–H and O–H groups in total. The molecule has 2 heterocycles. The highest BCUT2D eigenvalue weighted by atomic mass is 16.5. The highest BCUT2D eigenvalue weighted by molar-refractivity contribution is 5.25. The molecule has 1 aromatic heterocycles. The Morgan fingerprint density at radius 2 is 2.44 bits per heavy atom. The minimum absolute atomic E-state index is 0.169. The van der Waals surface area contributed by atoms with E-state index in [9.17, 15) is 5.11 Å². The van der Waals surface area contributed by atoms with Crippen molar-refractivity contribution in [3.8, 4) is 5.75 Å². The van der Waals surface area contributed by atoms with Crippen LogP contribution in [0.25, 0.3) is 0 Å². The first-order chi connectivity index (χ1) is 7.81. The summed E-state index contributed by atoms with van der Waals surface area (Å²) in [5.74, 6) is 0.843. The number of aliphatic hydroxyl groups excluding tert-OH is 1. The molecule has 4 heteroatoms. The fraction of sp³-hybridized carbons (Fsp3) is 0.583. The third-order valence-corrected chi connectivity index (χ3v) is 2.95. The van der Waals surface area contributed by atoms with Gasteiger partial charge in [-0.15, -0.1) is 0 Å². The molecule has 1 fully saturated rings. The Morgan fingerprint density at radius 3 is 3.12 bits per heavy atom. The van der Waals surface area contributed by atoms with Gasteiger partial charge in [0.1, 0.15) is 5.75 Å². The van der Waals surface area contributed by atoms with E-state index in [1.165, 1.54) is 0 Å². The zero-order valence-electron chi connectivity index (χ0n) is 9.43. The van der Waals surface area contributed by atoms with Gasteiger partial charge in [0.15, 0.2) is 0 Å². The molecule has 0 aliphatic carbocycles. The van der Waals surface area contributed by atoms with Crippen LogP contribution in [0.2, 0.25) is 0 Å². The predicted molar refractivity (Wildman–Crippen MR) is 59.3 cm³/mol. The predicted octanol–water partition coefficient (Wildman–Crippen LogP) is 1.55. The Kier molecular flexibility index (Phi) is 3.74. The van der Waals surface area contributed by atoms with Gasteiger partial charge in [-0.05, 0) is 18.9 Å². The molecule has 2 rings (SSSR count). The maximum absolute atomic E-state index is 10.2. The van der Waals surface area contributed by atoms with Crippen LogP contribution in [0.3, 0.4) is 0 Å². The van der Waals surface area contributed by atoms with Gasteiger partial charge < -0.3 is 14.6 Å². The number of hydrogen-bond acceptors (Lipinski definition) is 4. The second-order valence-corrected chi connectivity index (χ2v) is 4.08. The molecule has 16 heavy (non-hydrogen) atoms. The quantitative estimate of drug-likeness (QED) is 0.844. The van der Waals surface area contributed by atoms with E-state index in [1.54, 1.807) is 19.5 Å². The van der Waals surface area contributed by atoms with Crippen LogP contribution in [-0.4, -0.2) is 30.4 Å². The Bertz CT molecular complexity index is 337. The Labute approximate surface area is 95.2 Å². The lowest BCUT2D eigenvalue weighted by molar-refractivity contribution is -0.0101. The lowest BCUT2D eigenvalue weighted by Gasteiger charge is -2.26. The summed E-state index contributed by atoms with van der Waals surface area (Å²) < 4.78 is 10.5. The van der Waals surface area contributed by atoms with Crippen LogP contribution >= 0.6 is 0 Å². The first-order valence-electron chi connectivity index (χ1n) is 5.56. The molecule has 2 atom stereocenters. The molecule has 1 aromatic rings. The molecule has 88 valence electrons. The molecule has 1 aliphatic rings. The lowest BCUT2D eigenvalue weighted by Crippen LogP contribution is -2.23. The number of nitrogens with zero attached hydrogens (tertiary/aromatic N) is 1. The molecule has 0 aromatic carbocycles. The first kappa shape index (κ1) is 11.4. The summed E-state index contributed by atoms with van der Waals surface area (Å²) >= 11 is 0. The topological polar surface area (TPSA) is 51.6 Å². The molecule has 0 radical (unpaired) electrons. The van der Waals surface area contributed by atoms with Crippen LogP contribution in [0, 0.1) is 5.92 Å². The fourth-order valence-electron chi connectivity index (χ4n) is 2.00. The molecule has 1 aliphatic heterocycles. The van der Waals surface area contributed by atoms with E-state index >= 15 is 0 Å². The van der Waals surface area contributed by atoms with Crippen molar-refractivity contribution in [2.75, 3.05) is 20.3 Å². The van der Waals surface area contributed by atoms with E-state index in [2.05, 4.69) is 4.98 Å². The summed E-state index contributed by atoms with van der Waals surface area (Å²) in [6.45, 7) is 1.43. The number of ether oxygens (including phenoxy) is 2. The maximum atomic E-state index is 10.2. The van der Waals surface area contributed by atoms with Crippen LogP contribution in [0.5, 0.6) is 5.75 Å². The molecule has 2 unspecified atom stereocenters. The van der Waals surface area contributed by atoms with Gasteiger partial charge in [0.25, 0.3) is 0 Å². The van der Waals surface area contributed by atoms with Crippen molar-refractivity contribution < 1.29 is 14.6 Å². The average Bonchev–Trinajstić information content (AvgIpc) is 2.39. The summed E-state index contributed by atoms with van der Waals surface area (Å²) in [7, 11) is 1.59. The van der Waals surface area contributed by atoms with Crippen molar-refractivity contribution >= 4 is 0 Å². The number of rotatable bonds is 3. The van der Waals surface area contributed by atoms with Crippen molar-refractivity contribution in [1.82, 2.24) is 4.98 Å². The summed E-state index contributed by atoms with van der Waals surface area (Å²) in [5, 5.41) is 10.2. The molecule has 4 nitrogen and oxygen atoms in total. The normalized spacial score (nSPS) is 22.8.